The summed E-state index contributed by atoms with van der Waals surface area (Å²) in [6.07, 6.45) is 5.70. The molecule has 0 aliphatic carbocycles. The standard InChI is InChI=1S/C17H34N2O2/c1-6-10-18-17(4,16(20)21-5)12-14(3)19-11-8-9-15(7-2)13-19/h14-15,18H,6-13H2,1-5H3. The van der Waals surface area contributed by atoms with Crippen molar-refractivity contribution in [3.05, 3.63) is 0 Å². The highest BCUT2D eigenvalue weighted by Gasteiger charge is 2.37. The van der Waals surface area contributed by atoms with Gasteiger partial charge in [-0.1, -0.05) is 20.3 Å². The molecule has 124 valence electrons. The summed E-state index contributed by atoms with van der Waals surface area (Å²) in [5.74, 6) is 0.668. The fraction of sp³-hybridized carbons (Fsp3) is 0.941. The first-order valence-electron chi connectivity index (χ1n) is 8.54. The zero-order chi connectivity index (χ0) is 15.9. The van der Waals surface area contributed by atoms with Crippen molar-refractivity contribution in [3.63, 3.8) is 0 Å². The van der Waals surface area contributed by atoms with Crippen molar-refractivity contribution in [2.24, 2.45) is 5.92 Å². The molecule has 0 saturated carbocycles. The molecule has 4 heteroatoms. The topological polar surface area (TPSA) is 41.6 Å². The zero-order valence-electron chi connectivity index (χ0n) is 14.6. The van der Waals surface area contributed by atoms with E-state index in [9.17, 15) is 4.79 Å². The summed E-state index contributed by atoms with van der Waals surface area (Å²) in [5.41, 5.74) is -0.580. The number of nitrogens with one attached hydrogen (secondary N) is 1. The van der Waals surface area contributed by atoms with Crippen LogP contribution in [0.2, 0.25) is 0 Å². The molecule has 0 aromatic carbocycles. The lowest BCUT2D eigenvalue weighted by atomic mass is 9.89. The maximum Gasteiger partial charge on any atom is 0.325 e. The van der Waals surface area contributed by atoms with Crippen LogP contribution in [-0.4, -0.2) is 49.2 Å². The summed E-state index contributed by atoms with van der Waals surface area (Å²) in [6, 6.07) is 0.396. The maximum atomic E-state index is 12.2. The number of piperidine rings is 1. The summed E-state index contributed by atoms with van der Waals surface area (Å²) in [4.78, 5) is 14.7. The second-order valence-corrected chi connectivity index (χ2v) is 6.72. The third-order valence-electron chi connectivity index (χ3n) is 4.86. The molecule has 1 rings (SSSR count). The van der Waals surface area contributed by atoms with E-state index in [4.69, 9.17) is 4.74 Å². The number of carbonyl (C=O) groups is 1. The van der Waals surface area contributed by atoms with Crippen molar-refractivity contribution >= 4 is 5.97 Å². The molecule has 1 saturated heterocycles. The van der Waals surface area contributed by atoms with Crippen molar-refractivity contribution in [1.29, 1.82) is 0 Å². The fourth-order valence-electron chi connectivity index (χ4n) is 3.40. The number of hydrogen-bond acceptors (Lipinski definition) is 4. The molecule has 0 spiro atoms. The monoisotopic (exact) mass is 298 g/mol. The molecule has 1 aliphatic rings. The summed E-state index contributed by atoms with van der Waals surface area (Å²) < 4.78 is 5.02. The predicted octanol–water partition coefficient (Wildman–Crippen LogP) is 2.82. The van der Waals surface area contributed by atoms with Gasteiger partial charge in [0.15, 0.2) is 0 Å². The molecule has 0 radical (unpaired) electrons. The van der Waals surface area contributed by atoms with E-state index in [1.807, 2.05) is 6.92 Å². The Balaban J connectivity index is 2.66. The highest BCUT2D eigenvalue weighted by molar-refractivity contribution is 5.80. The Morgan fingerprint density at radius 1 is 1.48 bits per heavy atom. The molecular formula is C17H34N2O2. The number of likely N-dealkylation sites (tertiary alicyclic amines) is 1. The minimum absolute atomic E-state index is 0.146. The molecule has 0 bridgehead atoms. The van der Waals surface area contributed by atoms with E-state index in [2.05, 4.69) is 31.0 Å². The Morgan fingerprint density at radius 2 is 2.19 bits per heavy atom. The zero-order valence-corrected chi connectivity index (χ0v) is 14.6. The van der Waals surface area contributed by atoms with Gasteiger partial charge in [0.1, 0.15) is 5.54 Å². The molecule has 1 N–H and O–H groups in total. The van der Waals surface area contributed by atoms with Gasteiger partial charge in [-0.05, 0) is 58.5 Å². The van der Waals surface area contributed by atoms with Crippen LogP contribution in [0.1, 0.15) is 59.8 Å². The largest absolute Gasteiger partial charge is 0.468 e. The molecule has 0 aromatic heterocycles. The molecule has 3 atom stereocenters. The lowest BCUT2D eigenvalue weighted by Gasteiger charge is -2.40. The van der Waals surface area contributed by atoms with Crippen molar-refractivity contribution in [3.8, 4) is 0 Å². The lowest BCUT2D eigenvalue weighted by molar-refractivity contribution is -0.149. The van der Waals surface area contributed by atoms with Gasteiger partial charge in [-0.2, -0.15) is 0 Å². The van der Waals surface area contributed by atoms with Gasteiger partial charge in [-0.3, -0.25) is 4.79 Å². The molecule has 0 amide bonds. The normalized spacial score (nSPS) is 24.3. The summed E-state index contributed by atoms with van der Waals surface area (Å²) >= 11 is 0. The van der Waals surface area contributed by atoms with Gasteiger partial charge in [-0.15, -0.1) is 0 Å². The van der Waals surface area contributed by atoms with Gasteiger partial charge in [0.2, 0.25) is 0 Å². The number of rotatable bonds is 8. The van der Waals surface area contributed by atoms with Gasteiger partial charge in [0, 0.05) is 12.6 Å². The molecule has 4 nitrogen and oxygen atoms in total. The lowest BCUT2D eigenvalue weighted by Crippen LogP contribution is -2.55. The number of ether oxygens (including phenoxy) is 1. The van der Waals surface area contributed by atoms with E-state index < -0.39 is 5.54 Å². The fourth-order valence-corrected chi connectivity index (χ4v) is 3.40. The minimum atomic E-state index is -0.580. The minimum Gasteiger partial charge on any atom is -0.468 e. The summed E-state index contributed by atoms with van der Waals surface area (Å²) in [6.45, 7) is 11.8. The van der Waals surface area contributed by atoms with Gasteiger partial charge < -0.3 is 15.0 Å². The van der Waals surface area contributed by atoms with E-state index >= 15 is 0 Å². The third kappa shape index (κ3) is 5.26. The van der Waals surface area contributed by atoms with Gasteiger partial charge in [0.25, 0.3) is 0 Å². The van der Waals surface area contributed by atoms with Crippen molar-refractivity contribution in [2.75, 3.05) is 26.7 Å². The van der Waals surface area contributed by atoms with Crippen LogP contribution in [0, 0.1) is 5.92 Å². The Hall–Kier alpha value is -0.610. The van der Waals surface area contributed by atoms with Crippen LogP contribution in [0.3, 0.4) is 0 Å². The summed E-state index contributed by atoms with van der Waals surface area (Å²) in [5, 5.41) is 3.39. The van der Waals surface area contributed by atoms with Crippen molar-refractivity contribution < 1.29 is 9.53 Å². The van der Waals surface area contributed by atoms with Gasteiger partial charge in [0.05, 0.1) is 7.11 Å². The Labute approximate surface area is 130 Å². The van der Waals surface area contributed by atoms with E-state index in [0.29, 0.717) is 6.04 Å². The third-order valence-corrected chi connectivity index (χ3v) is 4.86. The number of esters is 1. The first-order chi connectivity index (χ1) is 9.96. The average Bonchev–Trinajstić information content (AvgIpc) is 2.52. The van der Waals surface area contributed by atoms with Gasteiger partial charge in [-0.25, -0.2) is 0 Å². The molecular weight excluding hydrogens is 264 g/mol. The van der Waals surface area contributed by atoms with Crippen LogP contribution in [0.15, 0.2) is 0 Å². The molecule has 0 aromatic rings. The van der Waals surface area contributed by atoms with Crippen LogP contribution in [0.4, 0.5) is 0 Å². The smallest absolute Gasteiger partial charge is 0.325 e. The molecule has 1 heterocycles. The second-order valence-electron chi connectivity index (χ2n) is 6.72. The van der Waals surface area contributed by atoms with E-state index in [1.165, 1.54) is 32.9 Å². The highest BCUT2D eigenvalue weighted by atomic mass is 16.5. The van der Waals surface area contributed by atoms with E-state index in [0.717, 1.165) is 31.8 Å². The maximum absolute atomic E-state index is 12.2. The number of nitrogens with zero attached hydrogens (tertiary/aromatic N) is 1. The van der Waals surface area contributed by atoms with E-state index in [1.54, 1.807) is 0 Å². The SMILES string of the molecule is CCCNC(C)(CC(C)N1CCCC(CC)C1)C(=O)OC. The molecule has 1 fully saturated rings. The Bertz CT molecular complexity index is 322. The number of carbonyl (C=O) groups excluding carboxylic acids is 1. The van der Waals surface area contributed by atoms with E-state index in [-0.39, 0.29) is 5.97 Å². The quantitative estimate of drug-likeness (QED) is 0.700. The highest BCUT2D eigenvalue weighted by Crippen LogP contribution is 2.25. The van der Waals surface area contributed by atoms with Crippen LogP contribution in [0.25, 0.3) is 0 Å². The van der Waals surface area contributed by atoms with Crippen LogP contribution in [-0.2, 0) is 9.53 Å². The number of methoxy groups -OCH3 is 1. The van der Waals surface area contributed by atoms with Crippen molar-refractivity contribution in [1.82, 2.24) is 10.2 Å². The second kappa shape index (κ2) is 8.74. The molecule has 1 aliphatic heterocycles. The van der Waals surface area contributed by atoms with Crippen molar-refractivity contribution in [2.45, 2.75) is 71.4 Å². The number of hydrogen-bond donors (Lipinski definition) is 1. The average molecular weight is 298 g/mol. The Kier molecular flexibility index (Phi) is 7.67. The molecule has 3 unspecified atom stereocenters. The van der Waals surface area contributed by atoms with Crippen LogP contribution < -0.4 is 5.32 Å². The molecule has 21 heavy (non-hydrogen) atoms. The van der Waals surface area contributed by atoms with Gasteiger partial charge >= 0.3 is 5.97 Å². The Morgan fingerprint density at radius 3 is 2.76 bits per heavy atom. The first kappa shape index (κ1) is 18.4. The predicted molar refractivity (Wildman–Crippen MR) is 87.4 cm³/mol. The van der Waals surface area contributed by atoms with Crippen LogP contribution in [0.5, 0.6) is 0 Å². The summed E-state index contributed by atoms with van der Waals surface area (Å²) in [7, 11) is 1.48. The van der Waals surface area contributed by atoms with Crippen LogP contribution >= 0.6 is 0 Å². The first-order valence-corrected chi connectivity index (χ1v) is 8.54.